The first-order chi connectivity index (χ1) is 28.8. The summed E-state index contributed by atoms with van der Waals surface area (Å²) in [7, 11) is 0. The smallest absolute Gasteiger partial charge is 0.475 e. The largest absolute Gasteiger partial charge is 0.490 e. The number of nitrogens with zero attached hydrogens (tertiary/aromatic N) is 6. The van der Waals surface area contributed by atoms with E-state index in [0.717, 1.165) is 66.4 Å². The van der Waals surface area contributed by atoms with Crippen LogP contribution in [0.2, 0.25) is 5.02 Å². The highest BCUT2D eigenvalue weighted by Crippen LogP contribution is 2.30. The van der Waals surface area contributed by atoms with Crippen LogP contribution in [-0.2, 0) is 32.0 Å². The molecule has 1 amide bonds. The summed E-state index contributed by atoms with van der Waals surface area (Å²) in [5.74, 6) is -6.19. The average Bonchev–Trinajstić information content (AvgIpc) is 3.19. The topological polar surface area (TPSA) is 244 Å². The summed E-state index contributed by atoms with van der Waals surface area (Å²) in [6.07, 6.45) is -4.79. The number of carboxylic acids is 3. The lowest BCUT2D eigenvalue weighted by atomic mass is 9.93. The zero-order valence-electron chi connectivity index (χ0n) is 31.2. The molecule has 16 nitrogen and oxygen atoms in total. The number of pyridine rings is 2. The van der Waals surface area contributed by atoms with E-state index in [4.69, 9.17) is 46.6 Å². The number of nitriles is 1. The molecule has 4 aromatic rings. The van der Waals surface area contributed by atoms with Crippen LogP contribution in [0, 0.1) is 17.2 Å². The van der Waals surface area contributed by atoms with Crippen molar-refractivity contribution in [1.29, 1.82) is 5.26 Å². The molecule has 5 heterocycles. The molecular formula is C36H31ClF9N9O7. The van der Waals surface area contributed by atoms with Gasteiger partial charge in [0.15, 0.2) is 5.82 Å². The zero-order valence-corrected chi connectivity index (χ0v) is 32.0. The number of benzene rings is 1. The summed E-state index contributed by atoms with van der Waals surface area (Å²) >= 11 is 6.38. The van der Waals surface area contributed by atoms with E-state index >= 15 is 0 Å². The molecule has 0 unspecified atom stereocenters. The monoisotopic (exact) mass is 907 g/mol. The van der Waals surface area contributed by atoms with Gasteiger partial charge in [-0.3, -0.25) is 9.78 Å². The second kappa shape index (κ2) is 21.5. The summed E-state index contributed by atoms with van der Waals surface area (Å²) in [6, 6.07) is 13.7. The van der Waals surface area contributed by atoms with E-state index in [0.29, 0.717) is 41.1 Å². The number of fused-ring (bicyclic) bond motifs is 6. The Hall–Kier alpha value is -6.97. The number of alkyl halides is 9. The number of halogens is 10. The Morgan fingerprint density at radius 1 is 0.790 bits per heavy atom. The second-order valence-electron chi connectivity index (χ2n) is 12.7. The zero-order chi connectivity index (χ0) is 46.4. The first-order valence-corrected chi connectivity index (χ1v) is 17.7. The van der Waals surface area contributed by atoms with Crippen molar-refractivity contribution < 1.29 is 74.0 Å². The highest BCUT2D eigenvalue weighted by molar-refractivity contribution is 6.32. The third-order valence-electron chi connectivity index (χ3n) is 8.14. The number of rotatable bonds is 4. The molecule has 0 aliphatic carbocycles. The number of anilines is 6. The van der Waals surface area contributed by atoms with Gasteiger partial charge >= 0.3 is 36.4 Å². The molecule has 2 aliphatic rings. The Kier molecular flexibility index (Phi) is 17.1. The molecule has 0 saturated carbocycles. The van der Waals surface area contributed by atoms with Gasteiger partial charge in [0.2, 0.25) is 11.9 Å². The summed E-state index contributed by atoms with van der Waals surface area (Å²) in [6.45, 7) is 1.66. The van der Waals surface area contributed by atoms with Crippen LogP contribution in [0.4, 0.5) is 74.2 Å². The van der Waals surface area contributed by atoms with Crippen molar-refractivity contribution in [2.24, 2.45) is 5.92 Å². The van der Waals surface area contributed by atoms with Crippen molar-refractivity contribution in [2.45, 2.75) is 50.6 Å². The quantitative estimate of drug-likeness (QED) is 0.108. The maximum atomic E-state index is 13.2. The lowest BCUT2D eigenvalue weighted by Gasteiger charge is -2.32. The van der Waals surface area contributed by atoms with E-state index in [2.05, 4.69) is 46.9 Å². The van der Waals surface area contributed by atoms with E-state index in [1.807, 2.05) is 36.5 Å². The first kappa shape index (κ1) is 49.4. The second-order valence-corrected chi connectivity index (χ2v) is 13.1. The molecule has 0 spiro atoms. The molecule has 6 bridgehead atoms. The third kappa shape index (κ3) is 16.2. The molecule has 2 aliphatic heterocycles. The summed E-state index contributed by atoms with van der Waals surface area (Å²) in [4.78, 5) is 59.6. The minimum absolute atomic E-state index is 0.0103. The van der Waals surface area contributed by atoms with Crippen LogP contribution in [0.25, 0.3) is 0 Å². The molecular weight excluding hydrogens is 877 g/mol. The van der Waals surface area contributed by atoms with Crippen molar-refractivity contribution in [1.82, 2.24) is 19.9 Å². The molecule has 26 heteroatoms. The predicted molar refractivity (Wildman–Crippen MR) is 200 cm³/mol. The summed E-state index contributed by atoms with van der Waals surface area (Å²) in [5.41, 5.74) is 5.02. The van der Waals surface area contributed by atoms with E-state index in [-0.39, 0.29) is 5.91 Å². The fraction of sp³-hybridized carbons (Fsp3) is 0.306. The fourth-order valence-corrected chi connectivity index (χ4v) is 5.36. The van der Waals surface area contributed by atoms with E-state index < -0.39 is 36.4 Å². The number of carbonyl (C=O) groups excluding carboxylic acids is 1. The number of aliphatic carboxylic acids is 3. The van der Waals surface area contributed by atoms with Crippen molar-refractivity contribution in [3.05, 3.63) is 82.9 Å². The fourth-order valence-electron chi connectivity index (χ4n) is 5.22. The molecule has 1 fully saturated rings. The van der Waals surface area contributed by atoms with Gasteiger partial charge in [0.1, 0.15) is 16.9 Å². The van der Waals surface area contributed by atoms with Gasteiger partial charge < -0.3 is 36.2 Å². The number of aromatic nitrogens is 4. The van der Waals surface area contributed by atoms with Gasteiger partial charge in [0.25, 0.3) is 0 Å². The number of amides is 1. The van der Waals surface area contributed by atoms with Gasteiger partial charge in [-0.25, -0.2) is 24.4 Å². The van der Waals surface area contributed by atoms with Gasteiger partial charge in [-0.15, -0.1) is 0 Å². The minimum Gasteiger partial charge on any atom is -0.475 e. The van der Waals surface area contributed by atoms with Crippen molar-refractivity contribution in [3.63, 3.8) is 0 Å². The molecule has 3 aromatic heterocycles. The standard InChI is InChI=1S/C30H28ClN9O.3C2HF3O2/c31-25-18-35-30-37-24-11-20(15-33-17-24)1-3-22-13-23(36-29(25)39-30)4-5-26(22)38-28(41)12-19-7-9-40(10-8-19)27-6-2-21(14-32)16-34-27;3*3-2(4,5)1(6)7/h2,4-6,11,13,15-19H,1,3,7-10,12H2,(H,38,41)(H2,35,36,37,39);3*(H,6,7). The number of aryl methyl sites for hydroxylation is 2. The maximum Gasteiger partial charge on any atom is 0.490 e. The van der Waals surface area contributed by atoms with E-state index in [1.165, 1.54) is 0 Å². The Bertz CT molecular complexity index is 2190. The van der Waals surface area contributed by atoms with E-state index in [1.54, 1.807) is 24.7 Å². The number of piperidine rings is 1. The lowest BCUT2D eigenvalue weighted by Crippen LogP contribution is -2.35. The van der Waals surface area contributed by atoms with Crippen molar-refractivity contribution in [3.8, 4) is 6.07 Å². The van der Waals surface area contributed by atoms with Gasteiger partial charge in [0, 0.05) is 43.3 Å². The predicted octanol–water partition coefficient (Wildman–Crippen LogP) is 7.52. The van der Waals surface area contributed by atoms with Crippen LogP contribution >= 0.6 is 11.6 Å². The van der Waals surface area contributed by atoms with Gasteiger partial charge in [-0.2, -0.15) is 49.8 Å². The molecule has 62 heavy (non-hydrogen) atoms. The SMILES string of the molecule is N#Cc1ccc(N2CCC(CC(=O)Nc3ccc4cc3CCc3cncc(c3)Nc3ncc(Cl)c(n3)N4)CC2)nc1.O=C(O)C(F)(F)F.O=C(O)C(F)(F)F.O=C(O)C(F)(F)F. The number of carbonyl (C=O) groups is 4. The summed E-state index contributed by atoms with van der Waals surface area (Å²) < 4.78 is 95.2. The first-order valence-electron chi connectivity index (χ1n) is 17.3. The van der Waals surface area contributed by atoms with Crippen LogP contribution < -0.4 is 20.9 Å². The number of nitrogens with one attached hydrogen (secondary N) is 3. The van der Waals surface area contributed by atoms with Crippen molar-refractivity contribution in [2.75, 3.05) is 33.9 Å². The third-order valence-corrected chi connectivity index (χ3v) is 8.41. The normalized spacial score (nSPS) is 13.6. The Morgan fingerprint density at radius 3 is 1.92 bits per heavy atom. The van der Waals surface area contributed by atoms with Gasteiger partial charge in [0.05, 0.1) is 23.6 Å². The lowest BCUT2D eigenvalue weighted by molar-refractivity contribution is -0.193. The average molecular weight is 908 g/mol. The molecule has 1 aromatic carbocycles. The van der Waals surface area contributed by atoms with Gasteiger partial charge in [-0.05, 0) is 79.1 Å². The molecule has 0 radical (unpaired) electrons. The minimum atomic E-state index is -5.08. The number of hydrogen-bond acceptors (Lipinski definition) is 12. The number of carboxylic acid groups (broad SMARTS) is 3. The molecule has 0 atom stereocenters. The van der Waals surface area contributed by atoms with Crippen LogP contribution in [0.5, 0.6) is 0 Å². The maximum absolute atomic E-state index is 13.2. The summed E-state index contributed by atoms with van der Waals surface area (Å²) in [5, 5.41) is 40.4. The van der Waals surface area contributed by atoms with Crippen LogP contribution in [-0.4, -0.2) is 90.7 Å². The molecule has 6 rings (SSSR count). The Morgan fingerprint density at radius 2 is 1.39 bits per heavy atom. The highest BCUT2D eigenvalue weighted by Gasteiger charge is 2.39. The van der Waals surface area contributed by atoms with Crippen LogP contribution in [0.15, 0.2) is 61.2 Å². The van der Waals surface area contributed by atoms with E-state index in [9.17, 15) is 44.3 Å². The van der Waals surface area contributed by atoms with Crippen LogP contribution in [0.3, 0.4) is 0 Å². The molecule has 332 valence electrons. The van der Waals surface area contributed by atoms with Crippen molar-refractivity contribution >= 4 is 70.1 Å². The Balaban J connectivity index is 0.000000403. The molecule has 1 saturated heterocycles. The molecule has 6 N–H and O–H groups in total. The van der Waals surface area contributed by atoms with Crippen LogP contribution in [0.1, 0.15) is 36.0 Å². The van der Waals surface area contributed by atoms with Gasteiger partial charge in [-0.1, -0.05) is 11.6 Å². The highest BCUT2D eigenvalue weighted by atomic mass is 35.5. The number of hydrogen-bond donors (Lipinski definition) is 6. The Labute approximate surface area is 348 Å².